The van der Waals surface area contributed by atoms with Gasteiger partial charge in [0.25, 0.3) is 15.9 Å². The zero-order valence-corrected chi connectivity index (χ0v) is 26.4. The molecule has 44 heavy (non-hydrogen) atoms. The van der Waals surface area contributed by atoms with Crippen molar-refractivity contribution in [2.24, 2.45) is 0 Å². The monoisotopic (exact) mass is 617 g/mol. The number of para-hydroxylation sites is 1. The highest BCUT2D eigenvalue weighted by atomic mass is 32.2. The van der Waals surface area contributed by atoms with Crippen molar-refractivity contribution in [1.82, 2.24) is 15.2 Å². The number of hydrogen-bond donors (Lipinski definition) is 3. The fourth-order valence-electron chi connectivity index (χ4n) is 6.08. The van der Waals surface area contributed by atoms with Crippen LogP contribution in [0.15, 0.2) is 47.4 Å². The molecule has 2 amide bonds. The zero-order valence-electron chi connectivity index (χ0n) is 25.6. The number of aryl methyl sites for hydroxylation is 1. The van der Waals surface area contributed by atoms with E-state index < -0.39 is 10.0 Å². The summed E-state index contributed by atoms with van der Waals surface area (Å²) in [5.41, 5.74) is 5.22. The fraction of sp³-hybridized carbons (Fsp3) is 0.364. The Morgan fingerprint density at radius 1 is 1.11 bits per heavy atom. The normalized spacial score (nSPS) is 15.1. The van der Waals surface area contributed by atoms with Crippen molar-refractivity contribution in [3.63, 3.8) is 0 Å². The van der Waals surface area contributed by atoms with E-state index in [-0.39, 0.29) is 34.5 Å². The van der Waals surface area contributed by atoms with Gasteiger partial charge in [0.15, 0.2) is 5.78 Å². The summed E-state index contributed by atoms with van der Waals surface area (Å²) in [5.74, 6) is -0.639. The molecule has 232 valence electrons. The first-order chi connectivity index (χ1) is 21.0. The summed E-state index contributed by atoms with van der Waals surface area (Å²) < 4.78 is 28.9. The topological polar surface area (TPSA) is 132 Å². The van der Waals surface area contributed by atoms with Gasteiger partial charge in [0.2, 0.25) is 5.91 Å². The smallest absolute Gasteiger partial charge is 0.264 e. The molecule has 0 radical (unpaired) electrons. The number of sulfonamides is 1. The van der Waals surface area contributed by atoms with Crippen molar-refractivity contribution in [3.05, 3.63) is 76.1 Å². The Balaban J connectivity index is 1.43. The van der Waals surface area contributed by atoms with E-state index in [4.69, 9.17) is 0 Å². The largest absolute Gasteiger partial charge is 0.358 e. The minimum absolute atomic E-state index is 0.0871. The minimum Gasteiger partial charge on any atom is -0.358 e. The van der Waals surface area contributed by atoms with Gasteiger partial charge >= 0.3 is 0 Å². The SMILES string of the molecule is CCN(CC)CCNC(=O)CCc1c(C=C2C(=O)Nc3ccc(S(=O)(=O)N4CCc5ccccc54)cc32)[nH]c(C)c1C(C)=O. The number of nitrogens with one attached hydrogen (secondary N) is 3. The average molecular weight is 618 g/mol. The molecule has 0 saturated carbocycles. The molecule has 5 rings (SSSR count). The average Bonchev–Trinajstić information content (AvgIpc) is 3.67. The lowest BCUT2D eigenvalue weighted by atomic mass is 9.98. The summed E-state index contributed by atoms with van der Waals surface area (Å²) in [7, 11) is -3.88. The van der Waals surface area contributed by atoms with Gasteiger partial charge in [-0.1, -0.05) is 32.0 Å². The van der Waals surface area contributed by atoms with Crippen molar-refractivity contribution in [3.8, 4) is 0 Å². The lowest BCUT2D eigenvalue weighted by Crippen LogP contribution is -2.34. The Labute approximate surface area is 258 Å². The predicted octanol–water partition coefficient (Wildman–Crippen LogP) is 4.16. The lowest BCUT2D eigenvalue weighted by molar-refractivity contribution is -0.121. The quantitative estimate of drug-likeness (QED) is 0.207. The highest BCUT2D eigenvalue weighted by molar-refractivity contribution is 7.92. The zero-order chi connectivity index (χ0) is 31.6. The number of anilines is 2. The number of Topliss-reactive ketones (excluding diaryl/α,β-unsaturated/α-hetero) is 1. The molecule has 0 atom stereocenters. The van der Waals surface area contributed by atoms with E-state index in [1.54, 1.807) is 25.1 Å². The number of benzene rings is 2. The molecule has 0 aliphatic carbocycles. The van der Waals surface area contributed by atoms with Crippen LogP contribution in [0.2, 0.25) is 0 Å². The van der Waals surface area contributed by atoms with Crippen molar-refractivity contribution < 1.29 is 22.8 Å². The number of nitrogens with zero attached hydrogens (tertiary/aromatic N) is 2. The number of ketones is 1. The first-order valence-electron chi connectivity index (χ1n) is 15.0. The Morgan fingerprint density at radius 3 is 2.59 bits per heavy atom. The molecule has 0 unspecified atom stereocenters. The molecule has 2 aromatic carbocycles. The van der Waals surface area contributed by atoms with E-state index >= 15 is 0 Å². The molecule has 3 heterocycles. The Morgan fingerprint density at radius 2 is 1.86 bits per heavy atom. The molecule has 3 aromatic rings. The number of fused-ring (bicyclic) bond motifs is 2. The van der Waals surface area contributed by atoms with Crippen molar-refractivity contribution in [1.29, 1.82) is 0 Å². The second kappa shape index (κ2) is 12.8. The van der Waals surface area contributed by atoms with Crippen LogP contribution in [0.3, 0.4) is 0 Å². The predicted molar refractivity (Wildman–Crippen MR) is 172 cm³/mol. The van der Waals surface area contributed by atoms with E-state index in [9.17, 15) is 22.8 Å². The molecule has 1 aromatic heterocycles. The van der Waals surface area contributed by atoms with Gasteiger partial charge in [-0.15, -0.1) is 0 Å². The number of hydrogen-bond acceptors (Lipinski definition) is 6. The number of rotatable bonds is 12. The Bertz CT molecular complexity index is 1750. The maximum Gasteiger partial charge on any atom is 0.264 e. The Kier molecular flexibility index (Phi) is 9.07. The Hall–Kier alpha value is -4.22. The second-order valence-electron chi connectivity index (χ2n) is 11.1. The molecule has 2 aliphatic rings. The van der Waals surface area contributed by atoms with E-state index in [0.717, 1.165) is 25.2 Å². The van der Waals surface area contributed by atoms with Crippen LogP contribution >= 0.6 is 0 Å². The molecular weight excluding hydrogens is 578 g/mol. The summed E-state index contributed by atoms with van der Waals surface area (Å²) in [6, 6.07) is 12.1. The number of aromatic amines is 1. The van der Waals surface area contributed by atoms with E-state index in [2.05, 4.69) is 34.4 Å². The summed E-state index contributed by atoms with van der Waals surface area (Å²) in [6.07, 6.45) is 2.75. The third-order valence-corrected chi connectivity index (χ3v) is 10.2. The summed E-state index contributed by atoms with van der Waals surface area (Å²) in [4.78, 5) is 44.0. The second-order valence-corrected chi connectivity index (χ2v) is 13.0. The molecule has 3 N–H and O–H groups in total. The van der Waals surface area contributed by atoms with Gasteiger partial charge in [0, 0.05) is 54.3 Å². The maximum atomic E-state index is 13.7. The van der Waals surface area contributed by atoms with E-state index in [1.165, 1.54) is 23.4 Å². The molecular formula is C33H39N5O5S. The highest BCUT2D eigenvalue weighted by Crippen LogP contribution is 2.38. The minimum atomic E-state index is -3.88. The lowest BCUT2D eigenvalue weighted by Gasteiger charge is -2.20. The summed E-state index contributed by atoms with van der Waals surface area (Å²) >= 11 is 0. The van der Waals surface area contributed by atoms with Crippen LogP contribution in [0.4, 0.5) is 11.4 Å². The van der Waals surface area contributed by atoms with E-state index in [0.29, 0.717) is 65.4 Å². The van der Waals surface area contributed by atoms with Crippen molar-refractivity contribution in [2.45, 2.75) is 51.9 Å². The van der Waals surface area contributed by atoms with Crippen LogP contribution in [0.25, 0.3) is 11.6 Å². The van der Waals surface area contributed by atoms with E-state index in [1.807, 2.05) is 18.2 Å². The highest BCUT2D eigenvalue weighted by Gasteiger charge is 2.33. The van der Waals surface area contributed by atoms with Crippen LogP contribution < -0.4 is 14.9 Å². The number of aromatic nitrogens is 1. The van der Waals surface area contributed by atoms with Crippen LogP contribution in [-0.4, -0.2) is 68.6 Å². The molecule has 0 saturated heterocycles. The number of H-pyrrole nitrogens is 1. The number of carbonyl (C=O) groups is 3. The number of carbonyl (C=O) groups excluding carboxylic acids is 3. The standard InChI is InChI=1S/C33H39N5O5S/c1-5-37(6-2)18-16-34-31(40)14-12-25-29(35-21(3)32(25)22(4)39)20-27-26-19-24(11-13-28(26)36-33(27)41)44(42,43)38-17-15-23-9-7-8-10-30(23)38/h7-11,13,19-20,35H,5-6,12,14-18H2,1-4H3,(H,34,40)(H,36,41). The maximum absolute atomic E-state index is 13.7. The van der Waals surface area contributed by atoms with Gasteiger partial charge < -0.3 is 20.5 Å². The van der Waals surface area contributed by atoms with Crippen molar-refractivity contribution in [2.75, 3.05) is 42.3 Å². The van der Waals surface area contributed by atoms with Crippen molar-refractivity contribution >= 4 is 50.6 Å². The van der Waals surface area contributed by atoms with Gasteiger partial charge in [-0.05, 0) is 81.2 Å². The molecule has 0 fully saturated rings. The van der Waals surface area contributed by atoms with Gasteiger partial charge in [0.1, 0.15) is 0 Å². The molecule has 11 heteroatoms. The molecule has 0 spiro atoms. The number of amides is 2. The summed E-state index contributed by atoms with van der Waals surface area (Å²) in [6.45, 7) is 10.9. The van der Waals surface area contributed by atoms with Crippen LogP contribution in [0.1, 0.15) is 65.6 Å². The molecule has 0 bridgehead atoms. The van der Waals surface area contributed by atoms with Gasteiger partial charge in [-0.3, -0.25) is 18.7 Å². The third kappa shape index (κ3) is 6.07. The van der Waals surface area contributed by atoms with Crippen LogP contribution in [0.5, 0.6) is 0 Å². The van der Waals surface area contributed by atoms with Gasteiger partial charge in [-0.2, -0.15) is 0 Å². The first kappa shape index (κ1) is 31.2. The summed E-state index contributed by atoms with van der Waals surface area (Å²) in [5, 5.41) is 5.78. The third-order valence-electron chi connectivity index (χ3n) is 8.42. The fourth-order valence-corrected chi connectivity index (χ4v) is 7.61. The molecule has 2 aliphatic heterocycles. The van der Waals surface area contributed by atoms with Crippen LogP contribution in [0, 0.1) is 6.92 Å². The van der Waals surface area contributed by atoms with Gasteiger partial charge in [-0.25, -0.2) is 8.42 Å². The number of likely N-dealkylation sites (N-methyl/N-ethyl adjacent to an activating group) is 1. The van der Waals surface area contributed by atoms with Crippen LogP contribution in [-0.2, 0) is 32.5 Å². The first-order valence-corrected chi connectivity index (χ1v) is 16.5. The molecule has 10 nitrogen and oxygen atoms in total. The van der Waals surface area contributed by atoms with Gasteiger partial charge in [0.05, 0.1) is 16.2 Å².